The number of halogens is 1. The summed E-state index contributed by atoms with van der Waals surface area (Å²) in [6, 6.07) is 12.8. The number of ether oxygens (including phenoxy) is 2. The van der Waals surface area contributed by atoms with Crippen LogP contribution in [-0.2, 0) is 13.2 Å². The molecule has 0 spiro atoms. The minimum atomic E-state index is 0.475. The molecular formula is C24H32ClNO2. The zero-order valence-corrected chi connectivity index (χ0v) is 17.9. The van der Waals surface area contributed by atoms with Gasteiger partial charge in [-0.1, -0.05) is 68.0 Å². The van der Waals surface area contributed by atoms with Crippen LogP contribution >= 0.6 is 11.6 Å². The zero-order valence-electron chi connectivity index (χ0n) is 17.1. The molecule has 0 bridgehead atoms. The van der Waals surface area contributed by atoms with Crippen molar-refractivity contribution in [3.63, 3.8) is 0 Å². The molecule has 1 fully saturated rings. The van der Waals surface area contributed by atoms with Gasteiger partial charge in [0.25, 0.3) is 0 Å². The van der Waals surface area contributed by atoms with E-state index >= 15 is 0 Å². The largest absolute Gasteiger partial charge is 0.493 e. The van der Waals surface area contributed by atoms with Gasteiger partial charge < -0.3 is 14.8 Å². The number of rotatable bonds is 7. The maximum atomic E-state index is 6.56. The molecule has 1 aliphatic rings. The average molecular weight is 402 g/mol. The van der Waals surface area contributed by atoms with Gasteiger partial charge in [0.15, 0.2) is 11.5 Å². The molecule has 0 aliphatic heterocycles. The summed E-state index contributed by atoms with van der Waals surface area (Å²) >= 11 is 6.56. The summed E-state index contributed by atoms with van der Waals surface area (Å²) in [4.78, 5) is 0. The minimum Gasteiger partial charge on any atom is -0.493 e. The molecule has 2 aromatic carbocycles. The Hall–Kier alpha value is -1.71. The van der Waals surface area contributed by atoms with Gasteiger partial charge in [0.1, 0.15) is 6.61 Å². The molecule has 0 radical (unpaired) electrons. The standard InChI is InChI=1S/C24H32ClNO2/c1-18-10-8-9-11-20(18)17-28-24-22(25)14-19(15-23(24)27-2)16-26-21-12-6-4-3-5-7-13-21/h8-11,14-15,21,26H,3-7,12-13,16-17H2,1-2H3. The lowest BCUT2D eigenvalue weighted by Crippen LogP contribution is -2.29. The van der Waals surface area contributed by atoms with Crippen LogP contribution in [0.25, 0.3) is 0 Å². The third-order valence-electron chi connectivity index (χ3n) is 5.62. The van der Waals surface area contributed by atoms with Gasteiger partial charge in [0.2, 0.25) is 0 Å². The molecule has 1 aliphatic carbocycles. The molecule has 28 heavy (non-hydrogen) atoms. The van der Waals surface area contributed by atoms with Crippen LogP contribution in [0.15, 0.2) is 36.4 Å². The van der Waals surface area contributed by atoms with Gasteiger partial charge in [0, 0.05) is 12.6 Å². The van der Waals surface area contributed by atoms with Crippen molar-refractivity contribution in [3.8, 4) is 11.5 Å². The predicted molar refractivity (Wildman–Crippen MR) is 116 cm³/mol. The van der Waals surface area contributed by atoms with Crippen LogP contribution < -0.4 is 14.8 Å². The van der Waals surface area contributed by atoms with Crippen molar-refractivity contribution >= 4 is 11.6 Å². The Labute approximate surface area is 174 Å². The summed E-state index contributed by atoms with van der Waals surface area (Å²) in [5, 5.41) is 4.31. The van der Waals surface area contributed by atoms with E-state index in [4.69, 9.17) is 21.1 Å². The maximum Gasteiger partial charge on any atom is 0.180 e. The molecule has 0 amide bonds. The lowest BCUT2D eigenvalue weighted by atomic mass is 9.96. The molecule has 0 saturated heterocycles. The summed E-state index contributed by atoms with van der Waals surface area (Å²) in [6.45, 7) is 3.36. The molecule has 3 nitrogen and oxygen atoms in total. The van der Waals surface area contributed by atoms with Crippen LogP contribution in [0.5, 0.6) is 11.5 Å². The summed E-state index contributed by atoms with van der Waals surface area (Å²) in [5.41, 5.74) is 3.49. The lowest BCUT2D eigenvalue weighted by Gasteiger charge is -2.21. The van der Waals surface area contributed by atoms with Crippen molar-refractivity contribution in [1.29, 1.82) is 0 Å². The van der Waals surface area contributed by atoms with Gasteiger partial charge in [-0.25, -0.2) is 0 Å². The van der Waals surface area contributed by atoms with Gasteiger partial charge in [-0.15, -0.1) is 0 Å². The van der Waals surface area contributed by atoms with E-state index in [0.717, 1.165) is 17.7 Å². The second-order valence-electron chi connectivity index (χ2n) is 7.75. The number of aryl methyl sites for hydroxylation is 1. The fourth-order valence-corrected chi connectivity index (χ4v) is 4.15. The molecule has 0 unspecified atom stereocenters. The highest BCUT2D eigenvalue weighted by molar-refractivity contribution is 6.32. The quantitative estimate of drug-likeness (QED) is 0.579. The van der Waals surface area contributed by atoms with E-state index in [-0.39, 0.29) is 0 Å². The summed E-state index contributed by atoms with van der Waals surface area (Å²) in [6.07, 6.45) is 9.31. The van der Waals surface area contributed by atoms with E-state index in [1.807, 2.05) is 24.3 Å². The highest BCUT2D eigenvalue weighted by Gasteiger charge is 2.15. The molecule has 0 aromatic heterocycles. The van der Waals surface area contributed by atoms with Crippen molar-refractivity contribution in [2.24, 2.45) is 0 Å². The predicted octanol–water partition coefficient (Wildman–Crippen LogP) is 6.44. The van der Waals surface area contributed by atoms with Crippen LogP contribution in [0.3, 0.4) is 0 Å². The number of nitrogens with one attached hydrogen (secondary N) is 1. The topological polar surface area (TPSA) is 30.5 Å². The average Bonchev–Trinajstić information content (AvgIpc) is 2.67. The first-order valence-corrected chi connectivity index (χ1v) is 10.8. The Morgan fingerprint density at radius 3 is 2.46 bits per heavy atom. The lowest BCUT2D eigenvalue weighted by molar-refractivity contribution is 0.284. The third-order valence-corrected chi connectivity index (χ3v) is 5.90. The van der Waals surface area contributed by atoms with Gasteiger partial charge in [-0.3, -0.25) is 0 Å². The van der Waals surface area contributed by atoms with Crippen molar-refractivity contribution in [2.75, 3.05) is 7.11 Å². The highest BCUT2D eigenvalue weighted by Crippen LogP contribution is 2.37. The highest BCUT2D eigenvalue weighted by atomic mass is 35.5. The number of hydrogen-bond acceptors (Lipinski definition) is 3. The fraction of sp³-hybridized carbons (Fsp3) is 0.500. The smallest absolute Gasteiger partial charge is 0.180 e. The molecule has 4 heteroatoms. The van der Waals surface area contributed by atoms with Gasteiger partial charge >= 0.3 is 0 Å². The molecule has 1 N–H and O–H groups in total. The van der Waals surface area contributed by atoms with Crippen LogP contribution in [0.4, 0.5) is 0 Å². The van der Waals surface area contributed by atoms with Gasteiger partial charge in [-0.2, -0.15) is 0 Å². The first-order chi connectivity index (χ1) is 13.7. The molecule has 3 rings (SSSR count). The van der Waals surface area contributed by atoms with E-state index in [0.29, 0.717) is 29.2 Å². The van der Waals surface area contributed by atoms with Gasteiger partial charge in [-0.05, 0) is 48.6 Å². The third kappa shape index (κ3) is 5.89. The van der Waals surface area contributed by atoms with Crippen LogP contribution in [0.1, 0.15) is 61.6 Å². The first-order valence-electron chi connectivity index (χ1n) is 10.4. The van der Waals surface area contributed by atoms with E-state index in [9.17, 15) is 0 Å². The summed E-state index contributed by atoms with van der Waals surface area (Å²) in [7, 11) is 1.66. The van der Waals surface area contributed by atoms with E-state index < -0.39 is 0 Å². The zero-order chi connectivity index (χ0) is 19.8. The Kier molecular flexibility index (Phi) is 8.05. The minimum absolute atomic E-state index is 0.475. The Balaban J connectivity index is 1.64. The van der Waals surface area contributed by atoms with Crippen LogP contribution in [0.2, 0.25) is 5.02 Å². The summed E-state index contributed by atoms with van der Waals surface area (Å²) < 4.78 is 11.6. The SMILES string of the molecule is COc1cc(CNC2CCCCCCC2)cc(Cl)c1OCc1ccccc1C. The Morgan fingerprint density at radius 2 is 1.75 bits per heavy atom. The molecular weight excluding hydrogens is 370 g/mol. The molecule has 152 valence electrons. The monoisotopic (exact) mass is 401 g/mol. The molecule has 1 saturated carbocycles. The van der Waals surface area contributed by atoms with Crippen molar-refractivity contribution in [2.45, 2.75) is 71.1 Å². The van der Waals surface area contributed by atoms with E-state index in [1.54, 1.807) is 7.11 Å². The Bertz CT molecular complexity index is 754. The maximum absolute atomic E-state index is 6.56. The first kappa shape index (κ1) is 21.0. The van der Waals surface area contributed by atoms with Crippen LogP contribution in [0, 0.1) is 6.92 Å². The molecule has 0 atom stereocenters. The second kappa shape index (κ2) is 10.7. The molecule has 2 aromatic rings. The summed E-state index contributed by atoms with van der Waals surface area (Å²) in [5.74, 6) is 1.30. The molecule has 0 heterocycles. The van der Waals surface area contributed by atoms with Crippen molar-refractivity contribution in [1.82, 2.24) is 5.32 Å². The number of hydrogen-bond donors (Lipinski definition) is 1. The normalized spacial score (nSPS) is 15.7. The van der Waals surface area contributed by atoms with Crippen molar-refractivity contribution in [3.05, 3.63) is 58.1 Å². The number of methoxy groups -OCH3 is 1. The van der Waals surface area contributed by atoms with Crippen LogP contribution in [-0.4, -0.2) is 13.2 Å². The van der Waals surface area contributed by atoms with Gasteiger partial charge in [0.05, 0.1) is 12.1 Å². The fourth-order valence-electron chi connectivity index (χ4n) is 3.86. The van der Waals surface area contributed by atoms with Crippen molar-refractivity contribution < 1.29 is 9.47 Å². The van der Waals surface area contributed by atoms with E-state index in [2.05, 4.69) is 24.4 Å². The second-order valence-corrected chi connectivity index (χ2v) is 8.15. The Morgan fingerprint density at radius 1 is 1.04 bits per heavy atom. The van der Waals surface area contributed by atoms with E-state index in [1.165, 1.54) is 50.5 Å². The number of benzene rings is 2.